The van der Waals surface area contributed by atoms with Crippen LogP contribution in [0.15, 0.2) is 59.5 Å². The highest BCUT2D eigenvalue weighted by Crippen LogP contribution is 2.45. The number of aromatic nitrogens is 2. The van der Waals surface area contributed by atoms with Crippen molar-refractivity contribution in [1.29, 1.82) is 0 Å². The number of rotatable bonds is 13. The van der Waals surface area contributed by atoms with E-state index in [2.05, 4.69) is 17.2 Å². The largest absolute Gasteiger partial charge is 0.508 e. The van der Waals surface area contributed by atoms with Gasteiger partial charge >= 0.3 is 6.03 Å². The highest BCUT2D eigenvalue weighted by Gasteiger charge is 2.32. The summed E-state index contributed by atoms with van der Waals surface area (Å²) in [6.45, 7) is 13.3. The number of anilines is 2. The number of aryl methyl sites for hydroxylation is 1. The topological polar surface area (TPSA) is 123 Å². The summed E-state index contributed by atoms with van der Waals surface area (Å²) >= 11 is 0. The number of pyridine rings is 2. The van der Waals surface area contributed by atoms with E-state index < -0.39 is 6.03 Å². The van der Waals surface area contributed by atoms with Crippen LogP contribution in [0.25, 0.3) is 22.2 Å². The van der Waals surface area contributed by atoms with Gasteiger partial charge in [-0.2, -0.15) is 0 Å². The molecule has 9 heteroatoms. The number of urea groups is 1. The highest BCUT2D eigenvalue weighted by molar-refractivity contribution is 6.09. The lowest BCUT2D eigenvalue weighted by Crippen LogP contribution is -2.39. The number of carbonyl (C=O) groups is 1. The maximum atomic E-state index is 14.9. The summed E-state index contributed by atoms with van der Waals surface area (Å²) in [5, 5.41) is 15.0. The molecular weight excluding hydrogens is 602 g/mol. The van der Waals surface area contributed by atoms with Crippen molar-refractivity contribution in [2.45, 2.75) is 91.5 Å². The summed E-state index contributed by atoms with van der Waals surface area (Å²) in [5.41, 5.74) is 9.90. The van der Waals surface area contributed by atoms with Gasteiger partial charge in [0.15, 0.2) is 0 Å². The van der Waals surface area contributed by atoms with Crippen LogP contribution in [0.1, 0.15) is 96.1 Å². The van der Waals surface area contributed by atoms with Gasteiger partial charge in [0.05, 0.1) is 12.3 Å². The van der Waals surface area contributed by atoms with E-state index in [0.717, 1.165) is 60.8 Å². The van der Waals surface area contributed by atoms with Crippen LogP contribution in [0.5, 0.6) is 11.5 Å². The number of phenolic OH excluding ortho intramolecular Hbond substituents is 1. The number of phenols is 1. The normalized spacial score (nSPS) is 14.9. The number of hydrogen-bond acceptors (Lipinski definition) is 6. The van der Waals surface area contributed by atoms with Crippen molar-refractivity contribution in [2.75, 3.05) is 24.6 Å². The Morgan fingerprint density at radius 1 is 1.08 bits per heavy atom. The van der Waals surface area contributed by atoms with Crippen molar-refractivity contribution < 1.29 is 14.6 Å². The Labute approximate surface area is 284 Å². The number of aromatic hydroxyl groups is 1. The number of nitrogens with two attached hydrogens (primary N) is 1. The molecule has 0 spiro atoms. The number of amides is 2. The van der Waals surface area contributed by atoms with Crippen LogP contribution in [0.3, 0.4) is 0 Å². The van der Waals surface area contributed by atoms with E-state index in [9.17, 15) is 14.7 Å². The lowest BCUT2D eigenvalue weighted by molar-refractivity contribution is 0.256. The van der Waals surface area contributed by atoms with Gasteiger partial charge in [-0.3, -0.25) is 14.3 Å². The van der Waals surface area contributed by atoms with E-state index in [1.165, 1.54) is 17.7 Å². The zero-order valence-electron chi connectivity index (χ0n) is 29.1. The smallest absolute Gasteiger partial charge is 0.324 e. The van der Waals surface area contributed by atoms with Crippen LogP contribution in [-0.4, -0.2) is 40.4 Å². The lowest BCUT2D eigenvalue weighted by Gasteiger charge is -2.31. The highest BCUT2D eigenvalue weighted by atomic mass is 16.5. The number of unbranched alkanes of at least 4 members (excludes halogenated alkanes) is 1. The van der Waals surface area contributed by atoms with Crippen molar-refractivity contribution in [3.63, 3.8) is 0 Å². The Morgan fingerprint density at radius 3 is 2.48 bits per heavy atom. The maximum absolute atomic E-state index is 14.9. The number of benzene rings is 2. The summed E-state index contributed by atoms with van der Waals surface area (Å²) < 4.78 is 7.94. The van der Waals surface area contributed by atoms with Gasteiger partial charge in [0.2, 0.25) is 0 Å². The maximum Gasteiger partial charge on any atom is 0.324 e. The zero-order valence-corrected chi connectivity index (χ0v) is 29.1. The van der Waals surface area contributed by atoms with Gasteiger partial charge in [-0.05, 0) is 116 Å². The van der Waals surface area contributed by atoms with Crippen LogP contribution in [0.4, 0.5) is 16.2 Å². The first-order valence-electron chi connectivity index (χ1n) is 17.5. The molecule has 1 fully saturated rings. The number of nitrogens with zero attached hydrogens (tertiary/aromatic N) is 3. The van der Waals surface area contributed by atoms with Gasteiger partial charge in [-0.1, -0.05) is 53.2 Å². The second kappa shape index (κ2) is 15.7. The van der Waals surface area contributed by atoms with Crippen LogP contribution in [0, 0.1) is 5.92 Å². The van der Waals surface area contributed by atoms with Gasteiger partial charge < -0.3 is 20.9 Å². The van der Waals surface area contributed by atoms with Crippen LogP contribution >= 0.6 is 0 Å². The third-order valence-corrected chi connectivity index (χ3v) is 9.34. The minimum Gasteiger partial charge on any atom is -0.508 e. The first-order chi connectivity index (χ1) is 23.1. The van der Waals surface area contributed by atoms with Gasteiger partial charge in [0.1, 0.15) is 22.8 Å². The molecule has 256 valence electrons. The SMILES string of the molecule is CCCCn1c(=O)c(N(C(N)=O)c2c(C(C)C)cc(O)cc2C(C)C)c(-c2cccc(OCCCC3CCCNC3)c2)c2cccnc21. The summed E-state index contributed by atoms with van der Waals surface area (Å²) in [5.74, 6) is 1.30. The van der Waals surface area contributed by atoms with Crippen LogP contribution in [0.2, 0.25) is 0 Å². The molecule has 1 unspecified atom stereocenters. The molecule has 9 nitrogen and oxygen atoms in total. The first kappa shape index (κ1) is 35.0. The molecule has 0 radical (unpaired) electrons. The average molecular weight is 654 g/mol. The molecule has 0 aliphatic carbocycles. The monoisotopic (exact) mass is 653 g/mol. The van der Waals surface area contributed by atoms with Crippen LogP contribution < -0.4 is 26.2 Å². The van der Waals surface area contributed by atoms with E-state index >= 15 is 0 Å². The second-order valence-electron chi connectivity index (χ2n) is 13.6. The molecule has 0 saturated carbocycles. The van der Waals surface area contributed by atoms with E-state index in [1.807, 2.05) is 64.1 Å². The predicted molar refractivity (Wildman–Crippen MR) is 195 cm³/mol. The third-order valence-electron chi connectivity index (χ3n) is 9.34. The lowest BCUT2D eigenvalue weighted by atomic mass is 9.90. The fourth-order valence-electron chi connectivity index (χ4n) is 6.90. The molecular formula is C39H51N5O4. The van der Waals surface area contributed by atoms with Crippen molar-refractivity contribution in [2.24, 2.45) is 11.7 Å². The number of ether oxygens (including phenoxy) is 1. The molecule has 2 aromatic heterocycles. The van der Waals surface area contributed by atoms with Crippen molar-refractivity contribution in [3.8, 4) is 22.6 Å². The fraction of sp³-hybridized carbons (Fsp3) is 0.462. The fourth-order valence-corrected chi connectivity index (χ4v) is 6.90. The molecule has 1 saturated heterocycles. The van der Waals surface area contributed by atoms with Crippen molar-refractivity contribution in [1.82, 2.24) is 14.9 Å². The number of piperidine rings is 1. The minimum absolute atomic E-state index is 0.0829. The molecule has 1 atom stereocenters. The summed E-state index contributed by atoms with van der Waals surface area (Å²) in [7, 11) is 0. The van der Waals surface area contributed by atoms with E-state index in [1.54, 1.807) is 22.9 Å². The molecule has 3 heterocycles. The van der Waals surface area contributed by atoms with Crippen LogP contribution in [-0.2, 0) is 6.54 Å². The summed E-state index contributed by atoms with van der Waals surface area (Å²) in [6, 6.07) is 14.0. The van der Waals surface area contributed by atoms with Gasteiger partial charge in [-0.25, -0.2) is 9.78 Å². The third kappa shape index (κ3) is 7.51. The number of hydrogen-bond donors (Lipinski definition) is 3. The number of nitrogens with one attached hydrogen (secondary N) is 1. The molecule has 4 aromatic rings. The van der Waals surface area contributed by atoms with E-state index in [4.69, 9.17) is 10.5 Å². The quantitative estimate of drug-likeness (QED) is 0.125. The summed E-state index contributed by atoms with van der Waals surface area (Å²) in [4.78, 5) is 34.7. The van der Waals surface area contributed by atoms with Gasteiger partial charge in [0, 0.05) is 23.7 Å². The number of carbonyl (C=O) groups excluding carboxylic acids is 1. The molecule has 2 amide bonds. The van der Waals surface area contributed by atoms with Crippen molar-refractivity contribution >= 4 is 28.4 Å². The Bertz CT molecular complexity index is 1760. The molecule has 1 aliphatic heterocycles. The minimum atomic E-state index is -0.780. The van der Waals surface area contributed by atoms with Gasteiger partial charge in [0.25, 0.3) is 5.56 Å². The van der Waals surface area contributed by atoms with Gasteiger partial charge in [-0.15, -0.1) is 0 Å². The Balaban J connectivity index is 1.72. The Kier molecular flexibility index (Phi) is 11.4. The molecule has 0 bridgehead atoms. The first-order valence-corrected chi connectivity index (χ1v) is 17.5. The molecule has 4 N–H and O–H groups in total. The number of fused-ring (bicyclic) bond motifs is 1. The van der Waals surface area contributed by atoms with Crippen molar-refractivity contribution in [3.05, 3.63) is 76.2 Å². The zero-order chi connectivity index (χ0) is 34.4. The summed E-state index contributed by atoms with van der Waals surface area (Å²) in [6.07, 6.45) is 7.86. The molecule has 48 heavy (non-hydrogen) atoms. The second-order valence-corrected chi connectivity index (χ2v) is 13.6. The standard InChI is InChI=1S/C39H51N5O4/c1-6-7-19-43-37-31(16-10-18-42-37)34(28-14-8-15-30(21-28)48-20-11-13-27-12-9-17-41-24-27)36(38(43)46)44(39(40)47)35-32(25(2)3)22-29(45)23-33(35)26(4)5/h8,10,14-16,18,21-23,25-27,41,45H,6-7,9,11-13,17,19-20,24H2,1-5H3,(H2,40,47). The number of primary amides is 1. The molecule has 2 aromatic carbocycles. The Hall–Kier alpha value is -4.37. The average Bonchev–Trinajstić information content (AvgIpc) is 3.07. The molecule has 5 rings (SSSR count). The predicted octanol–water partition coefficient (Wildman–Crippen LogP) is 8.19. The van der Waals surface area contributed by atoms with E-state index in [0.29, 0.717) is 41.7 Å². The molecule has 1 aliphatic rings. The van der Waals surface area contributed by atoms with E-state index in [-0.39, 0.29) is 28.8 Å². The Morgan fingerprint density at radius 2 is 1.83 bits per heavy atom.